The van der Waals surface area contributed by atoms with Crippen LogP contribution >= 0.6 is 11.3 Å². The fraction of sp³-hybridized carbons (Fsp3) is 0.238. The van der Waals surface area contributed by atoms with Crippen molar-refractivity contribution in [1.29, 1.82) is 0 Å². The number of hydrogen-bond donors (Lipinski definition) is 0. The van der Waals surface area contributed by atoms with Gasteiger partial charge in [0.15, 0.2) is 0 Å². The number of benzene rings is 2. The average Bonchev–Trinajstić information content (AvgIpc) is 3.29. The maximum absolute atomic E-state index is 13.7. The molecule has 1 aliphatic heterocycles. The number of thiophene rings is 1. The zero-order chi connectivity index (χ0) is 18.4. The first-order valence-electron chi connectivity index (χ1n) is 8.72. The average molecular weight is 384 g/mol. The summed E-state index contributed by atoms with van der Waals surface area (Å²) >= 11 is 1.27. The highest BCUT2D eigenvalue weighted by Crippen LogP contribution is 2.53. The molecule has 0 amide bonds. The second kappa shape index (κ2) is 6.34. The van der Waals surface area contributed by atoms with Gasteiger partial charge in [0.25, 0.3) is 10.0 Å². The van der Waals surface area contributed by atoms with Gasteiger partial charge in [-0.15, -0.1) is 11.3 Å². The van der Waals surface area contributed by atoms with Crippen LogP contribution in [0.5, 0.6) is 0 Å². The van der Waals surface area contributed by atoms with Gasteiger partial charge in [-0.3, -0.25) is 0 Å². The molecule has 2 heterocycles. The minimum absolute atomic E-state index is 0.315. The normalized spacial score (nSPS) is 23.1. The summed E-state index contributed by atoms with van der Waals surface area (Å²) in [6.45, 7) is 4.10. The maximum atomic E-state index is 13.7. The molecule has 0 spiro atoms. The number of hydrogen-bond acceptors (Lipinski definition) is 3. The van der Waals surface area contributed by atoms with Gasteiger partial charge in [-0.1, -0.05) is 67.6 Å². The van der Waals surface area contributed by atoms with Crippen molar-refractivity contribution in [3.8, 4) is 0 Å². The molecule has 0 bridgehead atoms. The van der Waals surface area contributed by atoms with Gasteiger partial charge in [0.1, 0.15) is 4.21 Å². The third-order valence-electron chi connectivity index (χ3n) is 5.37. The van der Waals surface area contributed by atoms with Crippen LogP contribution in [-0.2, 0) is 15.6 Å². The van der Waals surface area contributed by atoms with Crippen molar-refractivity contribution < 1.29 is 8.42 Å². The van der Waals surface area contributed by atoms with E-state index in [4.69, 9.17) is 0 Å². The Bertz CT molecular complexity index is 1010. The second-order valence-electron chi connectivity index (χ2n) is 6.76. The van der Waals surface area contributed by atoms with Gasteiger partial charge in [-0.25, -0.2) is 8.42 Å². The molecule has 1 aromatic heterocycles. The molecule has 0 radical (unpaired) electrons. The highest BCUT2D eigenvalue weighted by molar-refractivity contribution is 7.91. The minimum Gasteiger partial charge on any atom is -0.206 e. The topological polar surface area (TPSA) is 37.4 Å². The molecule has 1 aliphatic rings. The second-order valence-corrected chi connectivity index (χ2v) is 9.75. The van der Waals surface area contributed by atoms with Gasteiger partial charge in [0.05, 0.1) is 11.6 Å². The summed E-state index contributed by atoms with van der Waals surface area (Å²) in [7, 11) is -3.63. The molecular weight excluding hydrogens is 362 g/mol. The Morgan fingerprint density at radius 1 is 1.00 bits per heavy atom. The lowest BCUT2D eigenvalue weighted by molar-refractivity contribution is 0.200. The van der Waals surface area contributed by atoms with Gasteiger partial charge in [-0.2, -0.15) is 4.31 Å². The summed E-state index contributed by atoms with van der Waals surface area (Å²) in [5.74, 6) is 0. The summed E-state index contributed by atoms with van der Waals surface area (Å²) in [6, 6.07) is 21.2. The monoisotopic (exact) mass is 383 g/mol. The summed E-state index contributed by atoms with van der Waals surface area (Å²) in [4.78, 5) is 0. The Morgan fingerprint density at radius 2 is 1.69 bits per heavy atom. The fourth-order valence-electron chi connectivity index (χ4n) is 3.96. The van der Waals surface area contributed by atoms with Crippen LogP contribution < -0.4 is 0 Å². The predicted molar refractivity (Wildman–Crippen MR) is 106 cm³/mol. The lowest BCUT2D eigenvalue weighted by Crippen LogP contribution is -2.44. The van der Waals surface area contributed by atoms with E-state index in [2.05, 4.69) is 19.1 Å². The molecule has 3 nitrogen and oxygen atoms in total. The van der Waals surface area contributed by atoms with Crippen LogP contribution in [-0.4, -0.2) is 12.7 Å². The molecule has 0 saturated carbocycles. The zero-order valence-corrected chi connectivity index (χ0v) is 16.4. The Hall–Kier alpha value is -1.95. The first kappa shape index (κ1) is 17.5. The molecule has 2 atom stereocenters. The Labute approximate surface area is 159 Å². The van der Waals surface area contributed by atoms with Crippen molar-refractivity contribution in [2.24, 2.45) is 0 Å². The van der Waals surface area contributed by atoms with Gasteiger partial charge in [-0.05, 0) is 41.5 Å². The Kier molecular flexibility index (Phi) is 4.26. The summed E-state index contributed by atoms with van der Waals surface area (Å²) in [5.41, 5.74) is 2.58. The van der Waals surface area contributed by atoms with Gasteiger partial charge in [0.2, 0.25) is 0 Å². The molecule has 2 aromatic carbocycles. The van der Waals surface area contributed by atoms with E-state index in [1.807, 2.05) is 54.8 Å². The highest BCUT2D eigenvalue weighted by Gasteiger charge is 2.52. The summed E-state index contributed by atoms with van der Waals surface area (Å²) in [6.07, 6.45) is 0.706. The van der Waals surface area contributed by atoms with E-state index in [9.17, 15) is 8.42 Å². The molecule has 3 aromatic rings. The van der Waals surface area contributed by atoms with E-state index < -0.39 is 15.6 Å². The molecule has 5 heteroatoms. The molecule has 0 unspecified atom stereocenters. The van der Waals surface area contributed by atoms with Crippen molar-refractivity contribution in [2.75, 3.05) is 0 Å². The lowest BCUT2D eigenvalue weighted by atomic mass is 9.89. The van der Waals surface area contributed by atoms with Crippen LogP contribution in [0.3, 0.4) is 0 Å². The smallest absolute Gasteiger partial charge is 0.206 e. The van der Waals surface area contributed by atoms with E-state index >= 15 is 0 Å². The fourth-order valence-corrected chi connectivity index (χ4v) is 7.02. The third kappa shape index (κ3) is 2.46. The maximum Gasteiger partial charge on any atom is 0.254 e. The summed E-state index contributed by atoms with van der Waals surface area (Å²) in [5, 5.41) is 1.82. The number of fused-ring (bicyclic) bond motifs is 1. The molecule has 0 N–H and O–H groups in total. The predicted octanol–water partition coefficient (Wildman–Crippen LogP) is 5.17. The molecular formula is C21H21NO2S2. The largest absolute Gasteiger partial charge is 0.254 e. The van der Waals surface area contributed by atoms with Crippen LogP contribution in [0.25, 0.3) is 0 Å². The van der Waals surface area contributed by atoms with Crippen molar-refractivity contribution in [1.82, 2.24) is 4.31 Å². The van der Waals surface area contributed by atoms with Crippen molar-refractivity contribution in [2.45, 2.75) is 36.1 Å². The Balaban J connectivity index is 2.01. The minimum atomic E-state index is -3.63. The van der Waals surface area contributed by atoms with E-state index in [1.165, 1.54) is 11.3 Å². The molecule has 0 aliphatic carbocycles. The van der Waals surface area contributed by atoms with Crippen LogP contribution in [0.1, 0.15) is 43.0 Å². The van der Waals surface area contributed by atoms with Gasteiger partial charge >= 0.3 is 0 Å². The molecule has 0 fully saturated rings. The number of sulfonamides is 1. The van der Waals surface area contributed by atoms with E-state index in [-0.39, 0.29) is 6.04 Å². The standard InChI is InChI=1S/C21H21NO2S2/c1-3-21(2)18-13-8-7-12-17(18)20(16-10-5-4-6-11-16)22(21)26(23,24)19-14-9-15-25-19/h4-15,20H,3H2,1-2H3/t20-,21+/m1/s1. The number of nitrogens with zero attached hydrogens (tertiary/aromatic N) is 1. The van der Waals surface area contributed by atoms with E-state index in [0.29, 0.717) is 10.6 Å². The van der Waals surface area contributed by atoms with E-state index in [1.54, 1.807) is 16.4 Å². The molecule has 26 heavy (non-hydrogen) atoms. The zero-order valence-electron chi connectivity index (χ0n) is 14.8. The first-order chi connectivity index (χ1) is 12.5. The lowest BCUT2D eigenvalue weighted by Gasteiger charge is -2.37. The van der Waals surface area contributed by atoms with E-state index in [0.717, 1.165) is 16.7 Å². The van der Waals surface area contributed by atoms with Gasteiger partial charge < -0.3 is 0 Å². The van der Waals surface area contributed by atoms with Crippen LogP contribution in [0, 0.1) is 0 Å². The van der Waals surface area contributed by atoms with Crippen LogP contribution in [0.2, 0.25) is 0 Å². The van der Waals surface area contributed by atoms with Gasteiger partial charge in [0, 0.05) is 0 Å². The Morgan fingerprint density at radius 3 is 2.35 bits per heavy atom. The summed E-state index contributed by atoms with van der Waals surface area (Å²) < 4.78 is 29.4. The molecule has 0 saturated heterocycles. The van der Waals surface area contributed by atoms with Crippen molar-refractivity contribution in [3.05, 3.63) is 88.8 Å². The molecule has 4 rings (SSSR count). The SMILES string of the molecule is CC[C@@]1(C)c2ccccc2[C@@H](c2ccccc2)N1S(=O)(=O)c1cccs1. The first-order valence-corrected chi connectivity index (χ1v) is 11.0. The number of rotatable bonds is 4. The molecule has 134 valence electrons. The highest BCUT2D eigenvalue weighted by atomic mass is 32.2. The quantitative estimate of drug-likeness (QED) is 0.623. The van der Waals surface area contributed by atoms with Crippen LogP contribution in [0.4, 0.5) is 0 Å². The van der Waals surface area contributed by atoms with Crippen LogP contribution in [0.15, 0.2) is 76.3 Å². The van der Waals surface area contributed by atoms with Crippen molar-refractivity contribution in [3.63, 3.8) is 0 Å². The van der Waals surface area contributed by atoms with Crippen molar-refractivity contribution >= 4 is 21.4 Å². The third-order valence-corrected chi connectivity index (χ3v) is 8.73.